The number of carbonyl (C=O) groups is 3. The highest BCUT2D eigenvalue weighted by molar-refractivity contribution is 7.13. The molecule has 2 amide bonds. The van der Waals surface area contributed by atoms with Crippen LogP contribution in [0.15, 0.2) is 29.9 Å². The van der Waals surface area contributed by atoms with Crippen LogP contribution in [0.25, 0.3) is 0 Å². The number of carbonyl (C=O) groups excluding carboxylic acids is 3. The molecule has 2 aromatic rings. The molecule has 8 nitrogen and oxygen atoms in total. The molecule has 9 heteroatoms. The lowest BCUT2D eigenvalue weighted by Gasteiger charge is -2.09. The molecular formula is C14H14N4O4S. The predicted octanol–water partition coefficient (Wildman–Crippen LogP) is 1.68. The second kappa shape index (κ2) is 7.99. The lowest BCUT2D eigenvalue weighted by Crippen LogP contribution is -2.21. The van der Waals surface area contributed by atoms with Crippen LogP contribution in [-0.2, 0) is 14.3 Å². The molecule has 0 fully saturated rings. The number of thiazole rings is 1. The number of aromatic nitrogens is 2. The van der Waals surface area contributed by atoms with Crippen LogP contribution in [0.4, 0.5) is 10.8 Å². The number of hydrogen-bond donors (Lipinski definition) is 2. The third-order valence-electron chi connectivity index (χ3n) is 2.56. The second-order valence-corrected chi connectivity index (χ2v) is 5.12. The number of pyridine rings is 1. The molecule has 2 heterocycles. The standard InChI is InChI=1S/C14H14N4O4S/c1-2-22-11(20)8-10(19)17-9-4-3-5-15-12(9)13(21)18-14-16-6-7-23-14/h3-7H,2,8H2,1H3,(H,17,19)(H,16,18,21). The Morgan fingerprint density at radius 3 is 2.74 bits per heavy atom. The van der Waals surface area contributed by atoms with Crippen LogP contribution in [0, 0.1) is 0 Å². The van der Waals surface area contributed by atoms with Crippen molar-refractivity contribution in [1.29, 1.82) is 0 Å². The minimum absolute atomic E-state index is 0.0277. The fraction of sp³-hybridized carbons (Fsp3) is 0.214. The number of nitrogens with zero attached hydrogens (tertiary/aromatic N) is 2. The summed E-state index contributed by atoms with van der Waals surface area (Å²) in [7, 11) is 0. The van der Waals surface area contributed by atoms with Crippen LogP contribution in [-0.4, -0.2) is 34.4 Å². The number of amides is 2. The van der Waals surface area contributed by atoms with Crippen molar-refractivity contribution in [3.05, 3.63) is 35.6 Å². The van der Waals surface area contributed by atoms with Crippen molar-refractivity contribution in [3.8, 4) is 0 Å². The molecule has 0 spiro atoms. The largest absolute Gasteiger partial charge is 0.466 e. The van der Waals surface area contributed by atoms with E-state index in [-0.39, 0.29) is 18.0 Å². The van der Waals surface area contributed by atoms with E-state index in [1.807, 2.05) is 0 Å². The molecule has 0 saturated heterocycles. The highest BCUT2D eigenvalue weighted by Gasteiger charge is 2.17. The molecular weight excluding hydrogens is 320 g/mol. The van der Waals surface area contributed by atoms with Gasteiger partial charge in [-0.1, -0.05) is 0 Å². The Hall–Kier alpha value is -2.81. The van der Waals surface area contributed by atoms with Crippen LogP contribution < -0.4 is 10.6 Å². The Balaban J connectivity index is 2.06. The van der Waals surface area contributed by atoms with Gasteiger partial charge in [0.25, 0.3) is 5.91 Å². The van der Waals surface area contributed by atoms with Crippen LogP contribution in [0.3, 0.4) is 0 Å². The molecule has 0 atom stereocenters. The van der Waals surface area contributed by atoms with Crippen molar-refractivity contribution >= 4 is 39.9 Å². The summed E-state index contributed by atoms with van der Waals surface area (Å²) in [5.41, 5.74) is 0.232. The van der Waals surface area contributed by atoms with Gasteiger partial charge in [-0.15, -0.1) is 11.3 Å². The Labute approximate surface area is 135 Å². The lowest BCUT2D eigenvalue weighted by molar-refractivity contribution is -0.145. The van der Waals surface area contributed by atoms with Crippen molar-refractivity contribution in [2.24, 2.45) is 0 Å². The van der Waals surface area contributed by atoms with Crippen LogP contribution >= 0.6 is 11.3 Å². The summed E-state index contributed by atoms with van der Waals surface area (Å²) in [5, 5.41) is 7.20. The lowest BCUT2D eigenvalue weighted by atomic mass is 10.2. The summed E-state index contributed by atoms with van der Waals surface area (Å²) in [6.45, 7) is 1.85. The minimum Gasteiger partial charge on any atom is -0.466 e. The van der Waals surface area contributed by atoms with E-state index in [2.05, 4.69) is 20.6 Å². The Morgan fingerprint density at radius 1 is 1.22 bits per heavy atom. The van der Waals surface area contributed by atoms with Crippen molar-refractivity contribution in [2.45, 2.75) is 13.3 Å². The first kappa shape index (κ1) is 16.6. The fourth-order valence-corrected chi connectivity index (χ4v) is 2.19. The maximum atomic E-state index is 12.2. The number of rotatable bonds is 6. The van der Waals surface area contributed by atoms with Gasteiger partial charge in [0.1, 0.15) is 6.42 Å². The van der Waals surface area contributed by atoms with E-state index in [4.69, 9.17) is 4.74 Å². The van der Waals surface area contributed by atoms with Gasteiger partial charge in [-0.05, 0) is 19.1 Å². The zero-order valence-electron chi connectivity index (χ0n) is 12.2. The summed E-state index contributed by atoms with van der Waals surface area (Å²) in [4.78, 5) is 43.2. The predicted molar refractivity (Wildman–Crippen MR) is 84.2 cm³/mol. The number of hydrogen-bond acceptors (Lipinski definition) is 7. The molecule has 0 aliphatic heterocycles. The van der Waals surface area contributed by atoms with Gasteiger partial charge < -0.3 is 10.1 Å². The summed E-state index contributed by atoms with van der Waals surface area (Å²) in [6.07, 6.45) is 2.55. The van der Waals surface area contributed by atoms with Crippen molar-refractivity contribution in [2.75, 3.05) is 17.2 Å². The zero-order chi connectivity index (χ0) is 16.7. The van der Waals surface area contributed by atoms with Crippen molar-refractivity contribution < 1.29 is 19.1 Å². The van der Waals surface area contributed by atoms with Gasteiger partial charge in [0, 0.05) is 17.8 Å². The molecule has 0 aliphatic carbocycles. The van der Waals surface area contributed by atoms with Crippen LogP contribution in [0.5, 0.6) is 0 Å². The molecule has 0 unspecified atom stereocenters. The van der Waals surface area contributed by atoms with E-state index in [1.165, 1.54) is 23.6 Å². The molecule has 23 heavy (non-hydrogen) atoms. The number of nitrogens with one attached hydrogen (secondary N) is 2. The van der Waals surface area contributed by atoms with E-state index >= 15 is 0 Å². The fourth-order valence-electron chi connectivity index (χ4n) is 1.67. The monoisotopic (exact) mass is 334 g/mol. The Bertz CT molecular complexity index is 703. The number of anilines is 2. The average molecular weight is 334 g/mol. The highest BCUT2D eigenvalue weighted by atomic mass is 32.1. The van der Waals surface area contributed by atoms with Gasteiger partial charge in [-0.2, -0.15) is 0 Å². The minimum atomic E-state index is -0.636. The van der Waals surface area contributed by atoms with Gasteiger partial charge in [0.15, 0.2) is 10.8 Å². The molecule has 120 valence electrons. The van der Waals surface area contributed by atoms with Gasteiger partial charge in [0.2, 0.25) is 5.91 Å². The van der Waals surface area contributed by atoms with Crippen molar-refractivity contribution in [1.82, 2.24) is 9.97 Å². The molecule has 2 N–H and O–H groups in total. The van der Waals surface area contributed by atoms with Gasteiger partial charge in [0.05, 0.1) is 12.3 Å². The first-order chi connectivity index (χ1) is 11.1. The highest BCUT2D eigenvalue weighted by Crippen LogP contribution is 2.16. The van der Waals surface area contributed by atoms with Gasteiger partial charge >= 0.3 is 5.97 Å². The molecule has 2 rings (SSSR count). The summed E-state index contributed by atoms with van der Waals surface area (Å²) in [5.74, 6) is -1.73. The normalized spacial score (nSPS) is 9.96. The summed E-state index contributed by atoms with van der Waals surface area (Å²) >= 11 is 1.26. The maximum absolute atomic E-state index is 12.2. The Kier molecular flexibility index (Phi) is 5.75. The Morgan fingerprint density at radius 2 is 2.04 bits per heavy atom. The van der Waals surface area contributed by atoms with Crippen LogP contribution in [0.2, 0.25) is 0 Å². The molecule has 0 radical (unpaired) electrons. The molecule has 0 bridgehead atoms. The molecule has 0 saturated carbocycles. The average Bonchev–Trinajstić information content (AvgIpc) is 3.00. The van der Waals surface area contributed by atoms with Crippen LogP contribution in [0.1, 0.15) is 23.8 Å². The SMILES string of the molecule is CCOC(=O)CC(=O)Nc1cccnc1C(=O)Nc1nccs1. The van der Waals surface area contributed by atoms with Crippen molar-refractivity contribution in [3.63, 3.8) is 0 Å². The van der Waals surface area contributed by atoms with Gasteiger partial charge in [-0.3, -0.25) is 19.7 Å². The number of ether oxygens (including phenoxy) is 1. The summed E-state index contributed by atoms with van der Waals surface area (Å²) < 4.78 is 4.70. The zero-order valence-corrected chi connectivity index (χ0v) is 13.1. The number of esters is 1. The molecule has 0 aromatic carbocycles. The topological polar surface area (TPSA) is 110 Å². The smallest absolute Gasteiger partial charge is 0.315 e. The van der Waals surface area contributed by atoms with E-state index in [1.54, 1.807) is 24.6 Å². The third-order valence-corrected chi connectivity index (χ3v) is 3.25. The van der Waals surface area contributed by atoms with E-state index in [9.17, 15) is 14.4 Å². The maximum Gasteiger partial charge on any atom is 0.315 e. The molecule has 0 aliphatic rings. The van der Waals surface area contributed by atoms with E-state index in [0.717, 1.165) is 0 Å². The first-order valence-corrected chi connectivity index (χ1v) is 7.59. The second-order valence-electron chi connectivity index (χ2n) is 4.22. The quantitative estimate of drug-likeness (QED) is 0.614. The summed E-state index contributed by atoms with van der Waals surface area (Å²) in [6, 6.07) is 3.09. The molecule has 2 aromatic heterocycles. The van der Waals surface area contributed by atoms with E-state index < -0.39 is 24.2 Å². The first-order valence-electron chi connectivity index (χ1n) is 6.71. The third kappa shape index (κ3) is 4.85. The van der Waals surface area contributed by atoms with E-state index in [0.29, 0.717) is 5.13 Å². The van der Waals surface area contributed by atoms with Gasteiger partial charge in [-0.25, -0.2) is 9.97 Å².